The number of carbonyl (C=O) groups excluding carboxylic acids is 1. The minimum absolute atomic E-state index is 0.171. The van der Waals surface area contributed by atoms with Crippen molar-refractivity contribution >= 4 is 12.0 Å². The molecule has 116 valence electrons. The van der Waals surface area contributed by atoms with Crippen molar-refractivity contribution in [1.29, 1.82) is 0 Å². The summed E-state index contributed by atoms with van der Waals surface area (Å²) in [4.78, 5) is 22.4. The number of carboxylic acids is 1. The molecule has 21 heavy (non-hydrogen) atoms. The third kappa shape index (κ3) is 5.41. The normalized spacial score (nSPS) is 11.1. The first-order valence-electron chi connectivity index (χ1n) is 6.64. The average molecular weight is 296 g/mol. The van der Waals surface area contributed by atoms with Crippen LogP contribution in [0, 0.1) is 19.7 Å². The van der Waals surface area contributed by atoms with E-state index in [-0.39, 0.29) is 18.8 Å². The molecule has 2 amide bonds. The molecular weight excluding hydrogens is 275 g/mol. The summed E-state index contributed by atoms with van der Waals surface area (Å²) >= 11 is 0. The lowest BCUT2D eigenvalue weighted by Crippen LogP contribution is -2.49. The first-order valence-corrected chi connectivity index (χ1v) is 6.64. The first-order chi connectivity index (χ1) is 9.60. The smallest absolute Gasteiger partial charge is 0.315 e. The number of benzene rings is 1. The fourth-order valence-corrected chi connectivity index (χ4v) is 2.09. The van der Waals surface area contributed by atoms with Gasteiger partial charge in [0, 0.05) is 12.1 Å². The fourth-order valence-electron chi connectivity index (χ4n) is 2.09. The van der Waals surface area contributed by atoms with Crippen molar-refractivity contribution in [3.8, 4) is 0 Å². The number of rotatable bonds is 5. The lowest BCUT2D eigenvalue weighted by atomic mass is 10.0. The molecule has 0 fully saturated rings. The Labute approximate surface area is 123 Å². The van der Waals surface area contributed by atoms with Gasteiger partial charge in [0.2, 0.25) is 0 Å². The number of carboxylic acid groups (broad SMARTS) is 1. The molecule has 0 aliphatic heterocycles. The molecule has 1 rings (SSSR count). The quantitative estimate of drug-likeness (QED) is 0.781. The van der Waals surface area contributed by atoms with Gasteiger partial charge in [0.15, 0.2) is 0 Å². The van der Waals surface area contributed by atoms with Crippen LogP contribution in [-0.2, 0) is 11.3 Å². The standard InChI is InChI=1S/C15H21FN2O3/c1-9-5-11(6-10(2)13(9)16)8-17-14(21)18-15(3,4)7-12(19)20/h5-6H,7-8H2,1-4H3,(H,19,20)(H2,17,18,21). The second-order valence-electron chi connectivity index (χ2n) is 5.81. The first kappa shape index (κ1) is 16.9. The van der Waals surface area contributed by atoms with Crippen LogP contribution in [0.15, 0.2) is 12.1 Å². The second kappa shape index (κ2) is 6.56. The molecular formula is C15H21FN2O3. The molecule has 1 aromatic rings. The van der Waals surface area contributed by atoms with E-state index in [4.69, 9.17) is 5.11 Å². The zero-order valence-electron chi connectivity index (χ0n) is 12.7. The van der Waals surface area contributed by atoms with E-state index in [0.717, 1.165) is 5.56 Å². The molecule has 0 saturated heterocycles. The summed E-state index contributed by atoms with van der Waals surface area (Å²) in [5, 5.41) is 14.0. The second-order valence-corrected chi connectivity index (χ2v) is 5.81. The molecule has 3 N–H and O–H groups in total. The van der Waals surface area contributed by atoms with E-state index in [1.807, 2.05) is 0 Å². The summed E-state index contributed by atoms with van der Waals surface area (Å²) in [6.45, 7) is 6.85. The Balaban J connectivity index is 2.59. The predicted octanol–water partition coefficient (Wildman–Crippen LogP) is 2.50. The van der Waals surface area contributed by atoms with Gasteiger partial charge in [0.1, 0.15) is 5.82 Å². The molecule has 0 aliphatic rings. The molecule has 0 heterocycles. The lowest BCUT2D eigenvalue weighted by Gasteiger charge is -2.24. The van der Waals surface area contributed by atoms with E-state index in [0.29, 0.717) is 11.1 Å². The highest BCUT2D eigenvalue weighted by atomic mass is 19.1. The zero-order chi connectivity index (χ0) is 16.2. The third-order valence-corrected chi connectivity index (χ3v) is 2.99. The summed E-state index contributed by atoms with van der Waals surface area (Å²) in [6.07, 6.45) is -0.171. The number of hydrogen-bond donors (Lipinski definition) is 3. The highest BCUT2D eigenvalue weighted by molar-refractivity contribution is 5.76. The SMILES string of the molecule is Cc1cc(CNC(=O)NC(C)(C)CC(=O)O)cc(C)c1F. The number of amides is 2. The van der Waals surface area contributed by atoms with Crippen molar-refractivity contribution < 1.29 is 19.1 Å². The Morgan fingerprint density at radius 1 is 1.24 bits per heavy atom. The summed E-state index contributed by atoms with van der Waals surface area (Å²) in [5.74, 6) is -1.23. The average Bonchev–Trinajstić information content (AvgIpc) is 2.30. The van der Waals surface area contributed by atoms with Crippen LogP contribution in [0.3, 0.4) is 0 Å². The van der Waals surface area contributed by atoms with Crippen molar-refractivity contribution in [3.05, 3.63) is 34.6 Å². The van der Waals surface area contributed by atoms with E-state index in [2.05, 4.69) is 10.6 Å². The summed E-state index contributed by atoms with van der Waals surface area (Å²) in [5.41, 5.74) is 0.999. The van der Waals surface area contributed by atoms with Gasteiger partial charge in [-0.2, -0.15) is 0 Å². The monoisotopic (exact) mass is 296 g/mol. The Bertz CT molecular complexity index is 533. The molecule has 0 spiro atoms. The van der Waals surface area contributed by atoms with Gasteiger partial charge in [-0.15, -0.1) is 0 Å². The van der Waals surface area contributed by atoms with Crippen LogP contribution >= 0.6 is 0 Å². The summed E-state index contributed by atoms with van der Waals surface area (Å²) in [7, 11) is 0. The highest BCUT2D eigenvalue weighted by Gasteiger charge is 2.23. The van der Waals surface area contributed by atoms with Gasteiger partial charge in [0.25, 0.3) is 0 Å². The summed E-state index contributed by atoms with van der Waals surface area (Å²) < 4.78 is 13.5. The van der Waals surface area contributed by atoms with Crippen LogP contribution in [0.5, 0.6) is 0 Å². The van der Waals surface area contributed by atoms with Gasteiger partial charge in [0.05, 0.1) is 6.42 Å². The summed E-state index contributed by atoms with van der Waals surface area (Å²) in [6, 6.07) is 2.89. The maximum Gasteiger partial charge on any atom is 0.315 e. The van der Waals surface area contributed by atoms with Crippen LogP contribution in [0.2, 0.25) is 0 Å². The number of halogens is 1. The Morgan fingerprint density at radius 3 is 2.24 bits per heavy atom. The van der Waals surface area contributed by atoms with E-state index in [1.54, 1.807) is 39.8 Å². The Kier molecular flexibility index (Phi) is 5.29. The topological polar surface area (TPSA) is 78.4 Å². The highest BCUT2D eigenvalue weighted by Crippen LogP contribution is 2.14. The van der Waals surface area contributed by atoms with E-state index in [9.17, 15) is 14.0 Å². The molecule has 0 aromatic heterocycles. The van der Waals surface area contributed by atoms with Crippen molar-refractivity contribution in [2.75, 3.05) is 0 Å². The number of nitrogens with one attached hydrogen (secondary N) is 2. The molecule has 0 saturated carbocycles. The molecule has 1 aromatic carbocycles. The van der Waals surface area contributed by atoms with Gasteiger partial charge in [-0.3, -0.25) is 4.79 Å². The van der Waals surface area contributed by atoms with Crippen LogP contribution in [-0.4, -0.2) is 22.6 Å². The lowest BCUT2D eigenvalue weighted by molar-refractivity contribution is -0.138. The number of hydrogen-bond acceptors (Lipinski definition) is 2. The maximum atomic E-state index is 13.5. The van der Waals surface area contributed by atoms with Crippen LogP contribution in [0.25, 0.3) is 0 Å². The molecule has 5 nitrogen and oxygen atoms in total. The van der Waals surface area contributed by atoms with Gasteiger partial charge >= 0.3 is 12.0 Å². The minimum Gasteiger partial charge on any atom is -0.481 e. The largest absolute Gasteiger partial charge is 0.481 e. The van der Waals surface area contributed by atoms with Gasteiger partial charge in [-0.05, 0) is 44.4 Å². The third-order valence-electron chi connectivity index (χ3n) is 2.99. The van der Waals surface area contributed by atoms with Gasteiger partial charge in [-0.1, -0.05) is 12.1 Å². The van der Waals surface area contributed by atoms with E-state index in [1.165, 1.54) is 0 Å². The number of urea groups is 1. The number of aliphatic carboxylic acids is 1. The van der Waals surface area contributed by atoms with Crippen molar-refractivity contribution in [1.82, 2.24) is 10.6 Å². The van der Waals surface area contributed by atoms with Gasteiger partial charge < -0.3 is 15.7 Å². The van der Waals surface area contributed by atoms with Crippen molar-refractivity contribution in [3.63, 3.8) is 0 Å². The molecule has 6 heteroatoms. The Hall–Kier alpha value is -2.11. The fraction of sp³-hybridized carbons (Fsp3) is 0.467. The van der Waals surface area contributed by atoms with Crippen LogP contribution in [0.4, 0.5) is 9.18 Å². The zero-order valence-corrected chi connectivity index (χ0v) is 12.7. The predicted molar refractivity (Wildman–Crippen MR) is 77.6 cm³/mol. The molecule has 0 radical (unpaired) electrons. The molecule has 0 atom stereocenters. The van der Waals surface area contributed by atoms with Crippen molar-refractivity contribution in [2.45, 2.75) is 46.2 Å². The van der Waals surface area contributed by atoms with Gasteiger partial charge in [-0.25, -0.2) is 9.18 Å². The van der Waals surface area contributed by atoms with E-state index >= 15 is 0 Å². The molecule has 0 aliphatic carbocycles. The van der Waals surface area contributed by atoms with Crippen molar-refractivity contribution in [2.24, 2.45) is 0 Å². The maximum absolute atomic E-state index is 13.5. The Morgan fingerprint density at radius 2 is 1.76 bits per heavy atom. The molecule has 0 unspecified atom stereocenters. The number of carbonyl (C=O) groups is 2. The number of aryl methyl sites for hydroxylation is 2. The van der Waals surface area contributed by atoms with Crippen LogP contribution < -0.4 is 10.6 Å². The molecule has 0 bridgehead atoms. The minimum atomic E-state index is -0.981. The van der Waals surface area contributed by atoms with E-state index < -0.39 is 17.5 Å². The van der Waals surface area contributed by atoms with Crippen LogP contribution in [0.1, 0.15) is 37.0 Å².